The molecule has 0 saturated carbocycles. The SMILES string of the molecule is Cc1cc(Oc2ccccc2F)ccc1-n1ncc(C(=O)c2cc3cc(OC(F)P)c(N4CCOC4=O)cc3[nH]2)c1N. The van der Waals surface area contributed by atoms with Crippen LogP contribution in [0.1, 0.15) is 21.6 Å². The Hall–Kier alpha value is -4.96. The highest BCUT2D eigenvalue weighted by Crippen LogP contribution is 2.37. The number of ketones is 1. The van der Waals surface area contributed by atoms with E-state index in [9.17, 15) is 18.4 Å². The molecule has 42 heavy (non-hydrogen) atoms. The fourth-order valence-electron chi connectivity index (χ4n) is 4.76. The molecular formula is C29H24F2N5O5P. The van der Waals surface area contributed by atoms with Gasteiger partial charge in [-0.05, 0) is 61.0 Å². The third-order valence-electron chi connectivity index (χ3n) is 6.75. The Morgan fingerprint density at radius 1 is 1.14 bits per heavy atom. The van der Waals surface area contributed by atoms with E-state index in [-0.39, 0.29) is 41.7 Å². The van der Waals surface area contributed by atoms with Crippen molar-refractivity contribution in [3.63, 3.8) is 0 Å². The minimum absolute atomic E-state index is 0.0960. The molecule has 13 heteroatoms. The average Bonchev–Trinajstić information content (AvgIpc) is 3.67. The third kappa shape index (κ3) is 5.01. The number of benzene rings is 3. The van der Waals surface area contributed by atoms with Crippen molar-refractivity contribution in [3.05, 3.63) is 89.5 Å². The molecule has 1 aliphatic rings. The number of carbonyl (C=O) groups excluding carboxylic acids is 2. The number of halogens is 2. The topological polar surface area (TPSA) is 125 Å². The molecule has 10 nitrogen and oxygen atoms in total. The first-order chi connectivity index (χ1) is 20.2. The van der Waals surface area contributed by atoms with E-state index in [0.29, 0.717) is 28.0 Å². The summed E-state index contributed by atoms with van der Waals surface area (Å²) in [6.45, 7) is 2.27. The third-order valence-corrected chi connectivity index (χ3v) is 6.88. The first-order valence-electron chi connectivity index (χ1n) is 12.8. The van der Waals surface area contributed by atoms with Gasteiger partial charge in [-0.25, -0.2) is 13.9 Å². The second-order valence-electron chi connectivity index (χ2n) is 9.49. The summed E-state index contributed by atoms with van der Waals surface area (Å²) in [5, 5.41) is 4.89. The average molecular weight is 592 g/mol. The predicted molar refractivity (Wildman–Crippen MR) is 155 cm³/mol. The lowest BCUT2D eigenvalue weighted by Crippen LogP contribution is -2.24. The number of nitrogen functional groups attached to an aromatic ring is 1. The van der Waals surface area contributed by atoms with Gasteiger partial charge in [-0.15, -0.1) is 0 Å². The summed E-state index contributed by atoms with van der Waals surface area (Å²) >= 11 is 0. The van der Waals surface area contributed by atoms with Gasteiger partial charge in [-0.1, -0.05) is 21.4 Å². The number of hydrogen-bond acceptors (Lipinski definition) is 7. The van der Waals surface area contributed by atoms with E-state index < -0.39 is 23.8 Å². The first kappa shape index (κ1) is 27.2. The van der Waals surface area contributed by atoms with E-state index in [1.165, 1.54) is 27.9 Å². The number of nitrogens with two attached hydrogens (primary N) is 1. The van der Waals surface area contributed by atoms with Crippen molar-refractivity contribution in [2.75, 3.05) is 23.8 Å². The number of nitrogens with one attached hydrogen (secondary N) is 1. The Balaban J connectivity index is 1.30. The molecule has 0 bridgehead atoms. The molecule has 1 saturated heterocycles. The van der Waals surface area contributed by atoms with Crippen LogP contribution in [0.4, 0.5) is 25.1 Å². The van der Waals surface area contributed by atoms with Gasteiger partial charge in [0.2, 0.25) is 11.9 Å². The van der Waals surface area contributed by atoms with E-state index in [1.54, 1.807) is 48.5 Å². The van der Waals surface area contributed by atoms with Gasteiger partial charge in [-0.3, -0.25) is 9.69 Å². The minimum Gasteiger partial charge on any atom is -0.455 e. The van der Waals surface area contributed by atoms with E-state index in [4.69, 9.17) is 19.9 Å². The molecule has 2 aromatic heterocycles. The lowest BCUT2D eigenvalue weighted by molar-refractivity contribution is 0.103. The zero-order valence-electron chi connectivity index (χ0n) is 22.1. The molecule has 5 aromatic rings. The predicted octanol–water partition coefficient (Wildman–Crippen LogP) is 5.87. The van der Waals surface area contributed by atoms with Gasteiger partial charge in [0.1, 0.15) is 23.9 Å². The summed E-state index contributed by atoms with van der Waals surface area (Å²) in [5.74, 6) is -0.161. The number of aromatic amines is 1. The molecular weight excluding hydrogens is 567 g/mol. The number of aryl methyl sites for hydroxylation is 1. The Labute approximate surface area is 240 Å². The van der Waals surface area contributed by atoms with Gasteiger partial charge < -0.3 is 24.9 Å². The number of rotatable bonds is 8. The maximum Gasteiger partial charge on any atom is 0.414 e. The molecule has 3 N–H and O–H groups in total. The molecule has 1 amide bonds. The van der Waals surface area contributed by atoms with Crippen LogP contribution in [-0.4, -0.2) is 45.9 Å². The van der Waals surface area contributed by atoms with Crippen molar-refractivity contribution in [1.82, 2.24) is 14.8 Å². The maximum absolute atomic E-state index is 14.0. The van der Waals surface area contributed by atoms with Gasteiger partial charge in [0.25, 0.3) is 0 Å². The normalized spacial score (nSPS) is 13.8. The van der Waals surface area contributed by atoms with Gasteiger partial charge in [-0.2, -0.15) is 9.49 Å². The van der Waals surface area contributed by atoms with Gasteiger partial charge in [0, 0.05) is 10.9 Å². The van der Waals surface area contributed by atoms with Crippen LogP contribution in [0.3, 0.4) is 0 Å². The maximum atomic E-state index is 14.0. The van der Waals surface area contributed by atoms with Gasteiger partial charge >= 0.3 is 6.09 Å². The first-order valence-corrected chi connectivity index (χ1v) is 13.4. The number of alkyl halides is 1. The number of fused-ring (bicyclic) bond motifs is 1. The van der Waals surface area contributed by atoms with Crippen molar-refractivity contribution >= 4 is 43.5 Å². The zero-order valence-corrected chi connectivity index (χ0v) is 23.3. The smallest absolute Gasteiger partial charge is 0.414 e. The number of anilines is 2. The monoisotopic (exact) mass is 591 g/mol. The van der Waals surface area contributed by atoms with Crippen LogP contribution in [-0.2, 0) is 4.74 Å². The molecule has 3 heterocycles. The number of aromatic nitrogens is 3. The molecule has 0 radical (unpaired) electrons. The summed E-state index contributed by atoms with van der Waals surface area (Å²) in [7, 11) is 1.89. The molecule has 0 aliphatic carbocycles. The van der Waals surface area contributed by atoms with Crippen LogP contribution in [0.2, 0.25) is 0 Å². The molecule has 6 rings (SSSR count). The number of carbonyl (C=O) groups is 2. The van der Waals surface area contributed by atoms with Crippen LogP contribution < -0.4 is 20.1 Å². The fourth-order valence-corrected chi connectivity index (χ4v) is 4.91. The summed E-state index contributed by atoms with van der Waals surface area (Å²) in [4.78, 5) is 30.1. The molecule has 214 valence electrons. The Kier molecular flexibility index (Phi) is 6.99. The van der Waals surface area contributed by atoms with Crippen molar-refractivity contribution < 1.29 is 32.6 Å². The summed E-state index contributed by atoms with van der Waals surface area (Å²) in [6, 6.07) is 15.9. The number of nitrogens with zero attached hydrogens (tertiary/aromatic N) is 3. The van der Waals surface area contributed by atoms with E-state index in [1.807, 2.05) is 16.2 Å². The van der Waals surface area contributed by atoms with Crippen LogP contribution in [0.15, 0.2) is 66.9 Å². The lowest BCUT2D eigenvalue weighted by Gasteiger charge is -2.18. The number of para-hydroxylation sites is 1. The molecule has 1 aliphatic heterocycles. The van der Waals surface area contributed by atoms with E-state index in [2.05, 4.69) is 10.1 Å². The molecule has 3 aromatic carbocycles. The molecule has 0 spiro atoms. The number of ether oxygens (including phenoxy) is 3. The van der Waals surface area contributed by atoms with Crippen LogP contribution >= 0.6 is 9.24 Å². The standard InChI is InChI=1S/C29H24F2N5O5P/c1-15-10-17(40-24-5-3-2-4-19(24)30)6-7-22(15)36-27(32)18(14-33-36)26(37)21-11-16-12-25(41-28(31)42)23(13-20(16)34-21)35-8-9-39-29(35)38/h2-7,10-14,28,34H,8-9,32,42H2,1H3. The van der Waals surface area contributed by atoms with Crippen LogP contribution in [0.25, 0.3) is 16.6 Å². The van der Waals surface area contributed by atoms with Crippen LogP contribution in [0.5, 0.6) is 17.2 Å². The quantitative estimate of drug-likeness (QED) is 0.171. The van der Waals surface area contributed by atoms with Gasteiger partial charge in [0.15, 0.2) is 11.6 Å². The van der Waals surface area contributed by atoms with E-state index in [0.717, 1.165) is 5.56 Å². The van der Waals surface area contributed by atoms with E-state index >= 15 is 0 Å². The number of amides is 1. The second kappa shape index (κ2) is 10.8. The summed E-state index contributed by atoms with van der Waals surface area (Å²) < 4.78 is 45.2. The summed E-state index contributed by atoms with van der Waals surface area (Å²) in [5.41, 5.74) is 8.90. The minimum atomic E-state index is -1.71. The Morgan fingerprint density at radius 2 is 1.95 bits per heavy atom. The van der Waals surface area contributed by atoms with Crippen molar-refractivity contribution in [2.45, 2.75) is 13.0 Å². The largest absolute Gasteiger partial charge is 0.455 e. The zero-order chi connectivity index (χ0) is 29.5. The molecule has 2 atom stereocenters. The highest BCUT2D eigenvalue weighted by atomic mass is 31.0. The van der Waals surface area contributed by atoms with Crippen LogP contribution in [0, 0.1) is 12.7 Å². The van der Waals surface area contributed by atoms with Crippen molar-refractivity contribution in [2.24, 2.45) is 0 Å². The summed E-state index contributed by atoms with van der Waals surface area (Å²) in [6.07, 6.45) is -0.924. The van der Waals surface area contributed by atoms with Crippen molar-refractivity contribution in [1.29, 1.82) is 0 Å². The Bertz CT molecular complexity index is 1850. The number of cyclic esters (lactones) is 1. The number of H-pyrrole nitrogens is 1. The highest BCUT2D eigenvalue weighted by molar-refractivity contribution is 7.16. The molecule has 2 unspecified atom stereocenters. The van der Waals surface area contributed by atoms with Crippen molar-refractivity contribution in [3.8, 4) is 22.9 Å². The molecule has 1 fully saturated rings. The fraction of sp³-hybridized carbons (Fsp3) is 0.138. The lowest BCUT2D eigenvalue weighted by atomic mass is 10.1. The highest BCUT2D eigenvalue weighted by Gasteiger charge is 2.28. The van der Waals surface area contributed by atoms with Gasteiger partial charge in [0.05, 0.1) is 35.4 Å². The number of hydrogen-bond donors (Lipinski definition) is 2. The second-order valence-corrected chi connectivity index (χ2v) is 10.0. The Morgan fingerprint density at radius 3 is 2.67 bits per heavy atom.